The summed E-state index contributed by atoms with van der Waals surface area (Å²) in [5.74, 6) is 1.58. The summed E-state index contributed by atoms with van der Waals surface area (Å²) in [5, 5.41) is 6.76. The van der Waals surface area contributed by atoms with Gasteiger partial charge in [-0.3, -0.25) is 4.99 Å². The highest BCUT2D eigenvalue weighted by molar-refractivity contribution is 5.79. The molecule has 0 aliphatic carbocycles. The van der Waals surface area contributed by atoms with Crippen molar-refractivity contribution >= 4 is 5.96 Å². The summed E-state index contributed by atoms with van der Waals surface area (Å²) in [6, 6.07) is 0. The van der Waals surface area contributed by atoms with Gasteiger partial charge in [0.25, 0.3) is 0 Å². The normalized spacial score (nSPS) is 21.9. The number of nitrogens with one attached hydrogen (secondary N) is 2. The van der Waals surface area contributed by atoms with Crippen LogP contribution in [-0.2, 0) is 4.74 Å². The van der Waals surface area contributed by atoms with E-state index in [4.69, 9.17) is 4.74 Å². The number of hydrogen-bond donors (Lipinski definition) is 2. The Morgan fingerprint density at radius 1 is 1.40 bits per heavy atom. The number of hydrogen-bond acceptors (Lipinski definition) is 3. The molecular formula is C15H32N4O. The molecule has 118 valence electrons. The van der Waals surface area contributed by atoms with Crippen LogP contribution in [0.15, 0.2) is 4.99 Å². The second-order valence-electron chi connectivity index (χ2n) is 6.17. The van der Waals surface area contributed by atoms with Gasteiger partial charge in [0.2, 0.25) is 0 Å². The minimum Gasteiger partial charge on any atom is -0.377 e. The Labute approximate surface area is 124 Å². The fourth-order valence-electron chi connectivity index (χ4n) is 2.44. The topological polar surface area (TPSA) is 48.9 Å². The SMILES string of the molecule is CCN1CCCC(CNC(=NC)NCC(C)(C)OC)C1. The van der Waals surface area contributed by atoms with Crippen molar-refractivity contribution in [3.63, 3.8) is 0 Å². The standard InChI is InChI=1S/C15H32N4O/c1-6-19-9-7-8-13(11-19)10-17-14(16-4)18-12-15(2,3)20-5/h13H,6-12H2,1-5H3,(H2,16,17,18). The van der Waals surface area contributed by atoms with E-state index in [1.165, 1.54) is 25.9 Å². The summed E-state index contributed by atoms with van der Waals surface area (Å²) in [4.78, 5) is 6.80. The number of methoxy groups -OCH3 is 1. The first kappa shape index (κ1) is 17.2. The van der Waals surface area contributed by atoms with Gasteiger partial charge in [-0.15, -0.1) is 0 Å². The lowest BCUT2D eigenvalue weighted by atomic mass is 9.98. The summed E-state index contributed by atoms with van der Waals surface area (Å²) in [5.41, 5.74) is -0.179. The summed E-state index contributed by atoms with van der Waals surface area (Å²) >= 11 is 0. The average molecular weight is 284 g/mol. The molecule has 0 bridgehead atoms. The Hall–Kier alpha value is -0.810. The Morgan fingerprint density at radius 3 is 2.75 bits per heavy atom. The van der Waals surface area contributed by atoms with Gasteiger partial charge in [-0.25, -0.2) is 0 Å². The largest absolute Gasteiger partial charge is 0.377 e. The molecule has 1 fully saturated rings. The van der Waals surface area contributed by atoms with E-state index in [2.05, 4.69) is 41.3 Å². The number of aliphatic imine (C=N–C) groups is 1. The van der Waals surface area contributed by atoms with Gasteiger partial charge in [-0.2, -0.15) is 0 Å². The predicted octanol–water partition coefficient (Wildman–Crippen LogP) is 1.31. The fraction of sp³-hybridized carbons (Fsp3) is 0.933. The van der Waals surface area contributed by atoms with Gasteiger partial charge in [0.1, 0.15) is 0 Å². The van der Waals surface area contributed by atoms with Crippen molar-refractivity contribution in [3.05, 3.63) is 0 Å². The molecule has 1 unspecified atom stereocenters. The van der Waals surface area contributed by atoms with Gasteiger partial charge < -0.3 is 20.3 Å². The number of piperidine rings is 1. The number of guanidine groups is 1. The third-order valence-corrected chi connectivity index (χ3v) is 4.07. The highest BCUT2D eigenvalue weighted by atomic mass is 16.5. The van der Waals surface area contributed by atoms with E-state index < -0.39 is 0 Å². The maximum Gasteiger partial charge on any atom is 0.191 e. The van der Waals surface area contributed by atoms with Crippen LogP contribution in [-0.4, -0.2) is 63.3 Å². The molecule has 20 heavy (non-hydrogen) atoms. The van der Waals surface area contributed by atoms with Crippen LogP contribution in [0.2, 0.25) is 0 Å². The lowest BCUT2D eigenvalue weighted by molar-refractivity contribution is 0.0268. The molecule has 0 aromatic carbocycles. The molecule has 5 nitrogen and oxygen atoms in total. The molecule has 0 saturated carbocycles. The summed E-state index contributed by atoms with van der Waals surface area (Å²) < 4.78 is 5.40. The van der Waals surface area contributed by atoms with Crippen molar-refractivity contribution in [2.24, 2.45) is 10.9 Å². The molecule has 0 aromatic heterocycles. The number of ether oxygens (including phenoxy) is 1. The van der Waals surface area contributed by atoms with Crippen LogP contribution in [0.3, 0.4) is 0 Å². The van der Waals surface area contributed by atoms with Crippen LogP contribution in [0.25, 0.3) is 0 Å². The molecular weight excluding hydrogens is 252 g/mol. The first-order chi connectivity index (χ1) is 9.50. The molecule has 1 rings (SSSR count). The quantitative estimate of drug-likeness (QED) is 0.570. The monoisotopic (exact) mass is 284 g/mol. The summed E-state index contributed by atoms with van der Waals surface area (Å²) in [7, 11) is 3.55. The van der Waals surface area contributed by atoms with E-state index in [-0.39, 0.29) is 5.60 Å². The van der Waals surface area contributed by atoms with Crippen molar-refractivity contribution < 1.29 is 4.74 Å². The Kier molecular flexibility index (Phi) is 7.30. The maximum absolute atomic E-state index is 5.40. The Balaban J connectivity index is 2.31. The van der Waals surface area contributed by atoms with Gasteiger partial charge in [0, 0.05) is 33.8 Å². The highest BCUT2D eigenvalue weighted by Gasteiger charge is 2.20. The van der Waals surface area contributed by atoms with Gasteiger partial charge in [0.05, 0.1) is 5.60 Å². The summed E-state index contributed by atoms with van der Waals surface area (Å²) in [6.45, 7) is 11.7. The number of likely N-dealkylation sites (tertiary alicyclic amines) is 1. The van der Waals surface area contributed by atoms with E-state index in [9.17, 15) is 0 Å². The van der Waals surface area contributed by atoms with E-state index in [0.717, 1.165) is 31.5 Å². The molecule has 1 atom stereocenters. The van der Waals surface area contributed by atoms with Crippen molar-refractivity contribution in [1.82, 2.24) is 15.5 Å². The smallest absolute Gasteiger partial charge is 0.191 e. The number of nitrogens with zero attached hydrogens (tertiary/aromatic N) is 2. The Morgan fingerprint density at radius 2 is 2.15 bits per heavy atom. The molecule has 1 aliphatic heterocycles. The van der Waals surface area contributed by atoms with Gasteiger partial charge in [-0.1, -0.05) is 6.92 Å². The van der Waals surface area contributed by atoms with Crippen molar-refractivity contribution in [2.75, 3.05) is 46.9 Å². The third kappa shape index (κ3) is 6.09. The van der Waals surface area contributed by atoms with Gasteiger partial charge in [0.15, 0.2) is 5.96 Å². The predicted molar refractivity (Wildman–Crippen MR) is 85.3 cm³/mol. The van der Waals surface area contributed by atoms with Crippen molar-refractivity contribution in [2.45, 2.75) is 39.2 Å². The molecule has 1 saturated heterocycles. The van der Waals surface area contributed by atoms with E-state index in [1.54, 1.807) is 7.11 Å². The van der Waals surface area contributed by atoms with Crippen LogP contribution in [0, 0.1) is 5.92 Å². The molecule has 0 spiro atoms. The second kappa shape index (κ2) is 8.47. The summed E-state index contributed by atoms with van der Waals surface area (Å²) in [6.07, 6.45) is 2.62. The van der Waals surface area contributed by atoms with Gasteiger partial charge >= 0.3 is 0 Å². The first-order valence-corrected chi connectivity index (χ1v) is 7.72. The van der Waals surface area contributed by atoms with E-state index >= 15 is 0 Å². The highest BCUT2D eigenvalue weighted by Crippen LogP contribution is 2.15. The van der Waals surface area contributed by atoms with E-state index in [1.807, 2.05) is 7.05 Å². The molecule has 5 heteroatoms. The molecule has 0 amide bonds. The average Bonchev–Trinajstić information content (AvgIpc) is 2.47. The van der Waals surface area contributed by atoms with Crippen LogP contribution in [0.1, 0.15) is 33.6 Å². The second-order valence-corrected chi connectivity index (χ2v) is 6.17. The van der Waals surface area contributed by atoms with Crippen molar-refractivity contribution in [3.8, 4) is 0 Å². The minimum absolute atomic E-state index is 0.179. The Bertz CT molecular complexity index is 304. The zero-order valence-electron chi connectivity index (χ0n) is 13.8. The third-order valence-electron chi connectivity index (χ3n) is 4.07. The zero-order valence-corrected chi connectivity index (χ0v) is 13.8. The molecule has 2 N–H and O–H groups in total. The minimum atomic E-state index is -0.179. The van der Waals surface area contributed by atoms with Crippen molar-refractivity contribution in [1.29, 1.82) is 0 Å². The van der Waals surface area contributed by atoms with E-state index in [0.29, 0.717) is 0 Å². The number of rotatable bonds is 6. The van der Waals surface area contributed by atoms with Crippen LogP contribution in [0.5, 0.6) is 0 Å². The molecule has 1 heterocycles. The van der Waals surface area contributed by atoms with Crippen LogP contribution in [0.4, 0.5) is 0 Å². The molecule has 0 aromatic rings. The zero-order chi connectivity index (χ0) is 15.0. The first-order valence-electron chi connectivity index (χ1n) is 7.72. The lowest BCUT2D eigenvalue weighted by Gasteiger charge is -2.32. The van der Waals surface area contributed by atoms with Crippen LogP contribution >= 0.6 is 0 Å². The molecule has 0 radical (unpaired) electrons. The lowest BCUT2D eigenvalue weighted by Crippen LogP contribution is -2.48. The molecule has 1 aliphatic rings. The fourth-order valence-corrected chi connectivity index (χ4v) is 2.44. The maximum atomic E-state index is 5.40. The van der Waals surface area contributed by atoms with Crippen LogP contribution < -0.4 is 10.6 Å². The van der Waals surface area contributed by atoms with Gasteiger partial charge in [-0.05, 0) is 45.7 Å².